The van der Waals surface area contributed by atoms with Crippen molar-refractivity contribution in [3.05, 3.63) is 23.2 Å². The molecule has 0 spiro atoms. The van der Waals surface area contributed by atoms with Gasteiger partial charge in [-0.25, -0.2) is 0 Å². The van der Waals surface area contributed by atoms with Gasteiger partial charge in [0.2, 0.25) is 0 Å². The van der Waals surface area contributed by atoms with Crippen molar-refractivity contribution in [2.45, 2.75) is 39.9 Å². The van der Waals surface area contributed by atoms with E-state index in [-0.39, 0.29) is 0 Å². The highest BCUT2D eigenvalue weighted by molar-refractivity contribution is 5.20. The second-order valence-corrected chi connectivity index (χ2v) is 5.22. The molecule has 1 saturated heterocycles. The van der Waals surface area contributed by atoms with Crippen molar-refractivity contribution in [3.63, 3.8) is 0 Å². The first kappa shape index (κ1) is 13.6. The van der Waals surface area contributed by atoms with Crippen LogP contribution < -0.4 is 5.32 Å². The summed E-state index contributed by atoms with van der Waals surface area (Å²) in [6.07, 6.45) is 0. The zero-order valence-corrected chi connectivity index (χ0v) is 11.7. The molecule has 1 aromatic heterocycles. The van der Waals surface area contributed by atoms with Crippen molar-refractivity contribution >= 4 is 0 Å². The van der Waals surface area contributed by atoms with Crippen LogP contribution in [0.15, 0.2) is 10.5 Å². The predicted octanol–water partition coefficient (Wildman–Crippen LogP) is 1.92. The quantitative estimate of drug-likeness (QED) is 0.869. The van der Waals surface area contributed by atoms with Gasteiger partial charge in [-0.15, -0.1) is 0 Å². The van der Waals surface area contributed by atoms with Crippen LogP contribution in [0.1, 0.15) is 30.9 Å². The summed E-state index contributed by atoms with van der Waals surface area (Å²) >= 11 is 0. The second kappa shape index (κ2) is 6.36. The lowest BCUT2D eigenvalue weighted by Gasteiger charge is -2.26. The third-order valence-electron chi connectivity index (χ3n) is 3.25. The van der Waals surface area contributed by atoms with Gasteiger partial charge in [-0.05, 0) is 13.0 Å². The minimum Gasteiger partial charge on any atom is -0.465 e. The molecule has 0 amide bonds. The molecule has 0 bridgehead atoms. The van der Waals surface area contributed by atoms with E-state index in [0.29, 0.717) is 6.04 Å². The molecule has 1 aromatic rings. The van der Waals surface area contributed by atoms with E-state index in [0.717, 1.165) is 50.9 Å². The minimum atomic E-state index is 0.484. The number of nitrogens with one attached hydrogen (secondary N) is 1. The molecule has 4 heteroatoms. The van der Waals surface area contributed by atoms with Crippen LogP contribution in [0.25, 0.3) is 0 Å². The molecule has 2 heterocycles. The Hall–Kier alpha value is -0.840. The van der Waals surface area contributed by atoms with Crippen LogP contribution in [0.4, 0.5) is 0 Å². The highest BCUT2D eigenvalue weighted by Gasteiger charge is 2.14. The second-order valence-electron chi connectivity index (χ2n) is 5.22. The number of morpholine rings is 1. The van der Waals surface area contributed by atoms with E-state index in [1.165, 1.54) is 5.56 Å². The first-order valence-corrected chi connectivity index (χ1v) is 6.77. The molecule has 0 aromatic carbocycles. The minimum absolute atomic E-state index is 0.484. The Morgan fingerprint density at radius 3 is 2.72 bits per heavy atom. The zero-order chi connectivity index (χ0) is 13.0. The molecule has 0 unspecified atom stereocenters. The van der Waals surface area contributed by atoms with Gasteiger partial charge in [-0.2, -0.15) is 0 Å². The van der Waals surface area contributed by atoms with Crippen molar-refractivity contribution in [1.82, 2.24) is 10.2 Å². The predicted molar refractivity (Wildman–Crippen MR) is 71.5 cm³/mol. The fourth-order valence-electron chi connectivity index (χ4n) is 2.14. The van der Waals surface area contributed by atoms with Crippen molar-refractivity contribution in [1.29, 1.82) is 0 Å². The smallest absolute Gasteiger partial charge is 0.118 e. The fraction of sp³-hybridized carbons (Fsp3) is 0.714. The monoisotopic (exact) mass is 252 g/mol. The Bertz CT molecular complexity index is 368. The van der Waals surface area contributed by atoms with Crippen LogP contribution in [0.3, 0.4) is 0 Å². The van der Waals surface area contributed by atoms with Crippen LogP contribution in [0, 0.1) is 6.92 Å². The number of nitrogens with zero attached hydrogens (tertiary/aromatic N) is 1. The van der Waals surface area contributed by atoms with Crippen LogP contribution in [0.5, 0.6) is 0 Å². The van der Waals surface area contributed by atoms with E-state index in [1.807, 2.05) is 0 Å². The van der Waals surface area contributed by atoms with Crippen LogP contribution >= 0.6 is 0 Å². The summed E-state index contributed by atoms with van der Waals surface area (Å²) in [5.41, 5.74) is 1.30. The summed E-state index contributed by atoms with van der Waals surface area (Å²) in [6.45, 7) is 11.8. The Morgan fingerprint density at radius 2 is 2.06 bits per heavy atom. The van der Waals surface area contributed by atoms with E-state index in [2.05, 4.69) is 37.1 Å². The fourth-order valence-corrected chi connectivity index (χ4v) is 2.14. The lowest BCUT2D eigenvalue weighted by Crippen LogP contribution is -2.35. The molecule has 1 fully saturated rings. The first-order valence-electron chi connectivity index (χ1n) is 6.77. The van der Waals surface area contributed by atoms with Gasteiger partial charge in [0.25, 0.3) is 0 Å². The van der Waals surface area contributed by atoms with E-state index >= 15 is 0 Å². The number of furan rings is 1. The van der Waals surface area contributed by atoms with E-state index < -0.39 is 0 Å². The van der Waals surface area contributed by atoms with Crippen LogP contribution in [0.2, 0.25) is 0 Å². The molecule has 2 rings (SSSR count). The first-order chi connectivity index (χ1) is 8.65. The molecule has 0 aliphatic carbocycles. The molecular formula is C14H24N2O2. The molecule has 1 aliphatic heterocycles. The number of rotatable bonds is 5. The summed E-state index contributed by atoms with van der Waals surface area (Å²) < 4.78 is 11.1. The van der Waals surface area contributed by atoms with Crippen molar-refractivity contribution in [3.8, 4) is 0 Å². The maximum Gasteiger partial charge on any atom is 0.118 e. The van der Waals surface area contributed by atoms with Gasteiger partial charge in [0.05, 0.1) is 19.8 Å². The molecule has 4 nitrogen and oxygen atoms in total. The summed E-state index contributed by atoms with van der Waals surface area (Å²) in [6, 6.07) is 2.67. The summed E-state index contributed by atoms with van der Waals surface area (Å²) in [4.78, 5) is 2.42. The molecule has 0 saturated carbocycles. The Kier molecular flexibility index (Phi) is 4.80. The number of aryl methyl sites for hydroxylation is 1. The normalized spacial score (nSPS) is 17.6. The Balaban J connectivity index is 1.91. The van der Waals surface area contributed by atoms with Crippen molar-refractivity contribution in [2.24, 2.45) is 0 Å². The standard InChI is InChI=1S/C14H24N2O2/c1-11(2)15-9-14-8-13(12(3)18-14)10-16-4-6-17-7-5-16/h8,11,15H,4-7,9-10H2,1-3H3. The zero-order valence-electron chi connectivity index (χ0n) is 11.7. The van der Waals surface area contributed by atoms with Crippen LogP contribution in [-0.4, -0.2) is 37.2 Å². The number of hydrogen-bond acceptors (Lipinski definition) is 4. The Morgan fingerprint density at radius 1 is 1.33 bits per heavy atom. The highest BCUT2D eigenvalue weighted by Crippen LogP contribution is 2.17. The topological polar surface area (TPSA) is 37.6 Å². The average Bonchev–Trinajstić information content (AvgIpc) is 2.69. The molecular weight excluding hydrogens is 228 g/mol. The van der Waals surface area contributed by atoms with E-state index in [9.17, 15) is 0 Å². The van der Waals surface area contributed by atoms with Crippen molar-refractivity contribution < 1.29 is 9.15 Å². The number of ether oxygens (including phenoxy) is 1. The third-order valence-corrected chi connectivity index (χ3v) is 3.25. The molecule has 0 atom stereocenters. The van der Waals surface area contributed by atoms with Gasteiger partial charge in [0.1, 0.15) is 11.5 Å². The van der Waals surface area contributed by atoms with E-state index in [1.54, 1.807) is 0 Å². The van der Waals surface area contributed by atoms with Crippen LogP contribution in [-0.2, 0) is 17.8 Å². The van der Waals surface area contributed by atoms with Gasteiger partial charge in [-0.3, -0.25) is 4.90 Å². The van der Waals surface area contributed by atoms with E-state index in [4.69, 9.17) is 9.15 Å². The summed E-state index contributed by atoms with van der Waals surface area (Å²) in [5, 5.41) is 3.38. The third kappa shape index (κ3) is 3.83. The molecule has 1 N–H and O–H groups in total. The lowest BCUT2D eigenvalue weighted by atomic mass is 10.2. The maximum absolute atomic E-state index is 5.79. The number of hydrogen-bond donors (Lipinski definition) is 1. The molecule has 18 heavy (non-hydrogen) atoms. The molecule has 0 radical (unpaired) electrons. The average molecular weight is 252 g/mol. The lowest BCUT2D eigenvalue weighted by molar-refractivity contribution is 0.0340. The summed E-state index contributed by atoms with van der Waals surface area (Å²) in [7, 11) is 0. The Labute approximate surface area is 109 Å². The van der Waals surface area contributed by atoms with Gasteiger partial charge in [0.15, 0.2) is 0 Å². The highest BCUT2D eigenvalue weighted by atomic mass is 16.5. The summed E-state index contributed by atoms with van der Waals surface area (Å²) in [5.74, 6) is 2.08. The molecule has 1 aliphatic rings. The SMILES string of the molecule is Cc1oc(CNC(C)C)cc1CN1CCOCC1. The van der Waals surface area contributed by atoms with Gasteiger partial charge in [0, 0.05) is 31.2 Å². The van der Waals surface area contributed by atoms with Gasteiger partial charge < -0.3 is 14.5 Å². The van der Waals surface area contributed by atoms with Gasteiger partial charge in [-0.1, -0.05) is 13.8 Å². The van der Waals surface area contributed by atoms with Crippen molar-refractivity contribution in [2.75, 3.05) is 26.3 Å². The van der Waals surface area contributed by atoms with Gasteiger partial charge >= 0.3 is 0 Å². The molecule has 102 valence electrons. The largest absolute Gasteiger partial charge is 0.465 e. The maximum atomic E-state index is 5.79.